The molecule has 0 aromatic carbocycles. The van der Waals surface area contributed by atoms with E-state index in [1.54, 1.807) is 12.2 Å². The van der Waals surface area contributed by atoms with Gasteiger partial charge in [0.2, 0.25) is 0 Å². The van der Waals surface area contributed by atoms with Crippen molar-refractivity contribution in [2.24, 2.45) is 0 Å². The summed E-state index contributed by atoms with van der Waals surface area (Å²) in [5, 5.41) is 10.6. The Kier molecular flexibility index (Phi) is 69.7. The van der Waals surface area contributed by atoms with Crippen LogP contribution < -0.4 is 0 Å². The minimum Gasteiger partial charge on any atom is -0.462 e. The molecule has 0 radical (unpaired) electrons. The number of esters is 4. The van der Waals surface area contributed by atoms with Crippen molar-refractivity contribution in [3.8, 4) is 0 Å². The summed E-state index contributed by atoms with van der Waals surface area (Å²) >= 11 is 0. The van der Waals surface area contributed by atoms with Gasteiger partial charge in [-0.1, -0.05) is 262 Å². The summed E-state index contributed by atoms with van der Waals surface area (Å²) in [5.74, 6) is -2.40. The second-order valence-electron chi connectivity index (χ2n) is 24.8. The van der Waals surface area contributed by atoms with Gasteiger partial charge in [0.1, 0.15) is 19.3 Å². The number of aliphatic hydroxyl groups is 1. The van der Waals surface area contributed by atoms with Crippen molar-refractivity contribution in [3.05, 3.63) is 170 Å². The monoisotopic (exact) mass is 1460 g/mol. The summed E-state index contributed by atoms with van der Waals surface area (Å²) in [5.41, 5.74) is 0. The van der Waals surface area contributed by atoms with E-state index in [2.05, 4.69) is 174 Å². The number of hydrogen-bond donors (Lipinski definition) is 3. The number of carbonyl (C=O) groups is 4. The first-order chi connectivity index (χ1) is 49.7. The number of phosphoric acid groups is 2. The van der Waals surface area contributed by atoms with E-state index in [0.717, 1.165) is 167 Å². The second kappa shape index (κ2) is 73.7. The van der Waals surface area contributed by atoms with Crippen molar-refractivity contribution in [3.63, 3.8) is 0 Å². The lowest BCUT2D eigenvalue weighted by molar-refractivity contribution is -0.161. The van der Waals surface area contributed by atoms with E-state index >= 15 is 0 Å². The third-order valence-electron chi connectivity index (χ3n) is 15.2. The number of phosphoric ester groups is 2. The standard InChI is InChI=1S/C83H134O17P2/c1-5-9-13-17-21-25-29-33-36-38-41-44-47-51-55-59-63-67-80(85)93-73-78(99-82(87)69-65-61-57-53-49-43-32-28-24-20-16-12-8-4)75-97-101(89,90)95-71-77(84)72-96-102(91,92)98-76-79(100-83(88)70-66-62-58-54-50-46-40-35-31-27-23-19-15-11-7-3)74-94-81(86)68-64-60-56-52-48-45-42-39-37-34-30-26-22-18-14-10-6-2/h9-11,13-15,21-23,25-28,32-37,40-42,44-45,50,54,62,66,77-79,84H,5-8,12,16-20,24,29-31,38-39,43,46-49,51-53,55-61,63-65,67-76H2,1-4H3,(H,89,90)(H,91,92)/b13-9-,14-10-,15-11-,25-21-,26-22-,27-23-,32-28-,36-33-,37-34-,40-35-,44-41-,45-42-,54-50-,66-62-. The third kappa shape index (κ3) is 72.8. The van der Waals surface area contributed by atoms with Crippen LogP contribution in [0.25, 0.3) is 0 Å². The summed E-state index contributed by atoms with van der Waals surface area (Å²) in [7, 11) is -10.0. The van der Waals surface area contributed by atoms with E-state index in [0.29, 0.717) is 25.7 Å². The lowest BCUT2D eigenvalue weighted by Gasteiger charge is -2.21. The van der Waals surface area contributed by atoms with Gasteiger partial charge in [-0.3, -0.25) is 37.3 Å². The Morgan fingerprint density at radius 1 is 0.294 bits per heavy atom. The SMILES string of the molecule is CC/C=C\C/C=C\C/C=C\C/C=C\C/C=C\CC(=O)OC(COC(=O)CCCCCC/C=C\C/C=C\C/C=C\C/C=C\CC)COP(=O)(O)OCC(O)COP(=O)(O)OCC(COC(=O)CCCCCC/C=C\C/C=C\C/C=C\C/C=C\CC)OC(=O)CCCCCCC/C=C\CCCCCC. The number of carbonyl (C=O) groups excluding carboxylic acids is 4. The van der Waals surface area contributed by atoms with Crippen LogP contribution in [-0.4, -0.2) is 96.7 Å². The van der Waals surface area contributed by atoms with E-state index in [1.807, 2.05) is 12.2 Å². The van der Waals surface area contributed by atoms with Crippen molar-refractivity contribution in [2.45, 2.75) is 290 Å². The van der Waals surface area contributed by atoms with Crippen molar-refractivity contribution < 1.29 is 80.2 Å². The van der Waals surface area contributed by atoms with E-state index in [4.69, 9.17) is 37.0 Å². The smallest absolute Gasteiger partial charge is 0.462 e. The van der Waals surface area contributed by atoms with Crippen LogP contribution in [0, 0.1) is 0 Å². The maximum Gasteiger partial charge on any atom is 0.472 e. The highest BCUT2D eigenvalue weighted by atomic mass is 31.2. The predicted molar refractivity (Wildman–Crippen MR) is 417 cm³/mol. The minimum atomic E-state index is -5.01. The molecule has 102 heavy (non-hydrogen) atoms. The molecule has 0 fully saturated rings. The van der Waals surface area contributed by atoms with Crippen LogP contribution >= 0.6 is 15.6 Å². The molecule has 0 aliphatic rings. The van der Waals surface area contributed by atoms with Gasteiger partial charge >= 0.3 is 39.5 Å². The molecule has 0 rings (SSSR count). The van der Waals surface area contributed by atoms with Gasteiger partial charge in [-0.05, 0) is 154 Å². The van der Waals surface area contributed by atoms with Crippen LogP contribution in [-0.2, 0) is 65.4 Å². The molecule has 0 spiro atoms. The van der Waals surface area contributed by atoms with Gasteiger partial charge in [-0.25, -0.2) is 9.13 Å². The Morgan fingerprint density at radius 3 is 0.882 bits per heavy atom. The third-order valence-corrected chi connectivity index (χ3v) is 17.1. The fourth-order valence-corrected chi connectivity index (χ4v) is 11.0. The first kappa shape index (κ1) is 96.4. The van der Waals surface area contributed by atoms with E-state index in [9.17, 15) is 43.2 Å². The normalized spacial score (nSPS) is 14.9. The fraction of sp³-hybridized carbons (Fsp3) is 0.614. The van der Waals surface area contributed by atoms with Crippen LogP contribution in [0.15, 0.2) is 170 Å². The highest BCUT2D eigenvalue weighted by Gasteiger charge is 2.30. The highest BCUT2D eigenvalue weighted by Crippen LogP contribution is 2.45. The molecular weight excluding hydrogens is 1330 g/mol. The van der Waals surface area contributed by atoms with E-state index < -0.39 is 97.5 Å². The van der Waals surface area contributed by atoms with Gasteiger partial charge in [0.25, 0.3) is 0 Å². The predicted octanol–water partition coefficient (Wildman–Crippen LogP) is 22.2. The largest absolute Gasteiger partial charge is 0.472 e. The highest BCUT2D eigenvalue weighted by molar-refractivity contribution is 7.47. The molecule has 17 nitrogen and oxygen atoms in total. The van der Waals surface area contributed by atoms with Crippen LogP contribution in [0.5, 0.6) is 0 Å². The van der Waals surface area contributed by atoms with E-state index in [-0.39, 0.29) is 25.7 Å². The molecule has 0 saturated carbocycles. The van der Waals surface area contributed by atoms with E-state index in [1.165, 1.54) is 25.7 Å². The average molecular weight is 1470 g/mol. The van der Waals surface area contributed by atoms with Gasteiger partial charge in [-0.2, -0.15) is 0 Å². The summed E-state index contributed by atoms with van der Waals surface area (Å²) in [6.07, 6.45) is 86.6. The van der Waals surface area contributed by atoms with Crippen molar-refractivity contribution in [1.29, 1.82) is 0 Å². The molecule has 0 aromatic rings. The van der Waals surface area contributed by atoms with Crippen LogP contribution in [0.3, 0.4) is 0 Å². The minimum absolute atomic E-state index is 0.0707. The zero-order chi connectivity index (χ0) is 74.6. The Bertz CT molecular complexity index is 2600. The van der Waals surface area contributed by atoms with Crippen LogP contribution in [0.4, 0.5) is 0 Å². The first-order valence-corrected chi connectivity index (χ1v) is 41.4. The average Bonchev–Trinajstić information content (AvgIpc) is 0.907. The Labute approximate surface area is 616 Å². The second-order valence-corrected chi connectivity index (χ2v) is 27.7. The number of hydrogen-bond acceptors (Lipinski definition) is 15. The molecule has 0 aromatic heterocycles. The molecule has 578 valence electrons. The van der Waals surface area contributed by atoms with Gasteiger partial charge in [0, 0.05) is 19.3 Å². The summed E-state index contributed by atoms with van der Waals surface area (Å²) in [4.78, 5) is 72.8. The maximum absolute atomic E-state index is 13.1. The van der Waals surface area contributed by atoms with Crippen molar-refractivity contribution in [2.75, 3.05) is 39.6 Å². The molecule has 0 saturated heterocycles. The quantitative estimate of drug-likeness (QED) is 0.0169. The van der Waals surface area contributed by atoms with Crippen LogP contribution in [0.2, 0.25) is 0 Å². The zero-order valence-electron chi connectivity index (χ0n) is 63.0. The van der Waals surface area contributed by atoms with Gasteiger partial charge in [-0.15, -0.1) is 0 Å². The van der Waals surface area contributed by atoms with Crippen molar-refractivity contribution >= 4 is 39.5 Å². The molecule has 19 heteroatoms. The topological polar surface area (TPSA) is 237 Å². The fourth-order valence-electron chi connectivity index (χ4n) is 9.45. The number of allylic oxidation sites excluding steroid dienone is 27. The Balaban J connectivity index is 5.48. The lowest BCUT2D eigenvalue weighted by atomic mass is 10.1. The summed E-state index contributed by atoms with van der Waals surface area (Å²) in [6.45, 7) is 4.31. The zero-order valence-corrected chi connectivity index (χ0v) is 64.8. The maximum atomic E-state index is 13.1. The molecule has 0 bridgehead atoms. The van der Waals surface area contributed by atoms with Crippen molar-refractivity contribution in [1.82, 2.24) is 0 Å². The van der Waals surface area contributed by atoms with Crippen LogP contribution in [0.1, 0.15) is 272 Å². The van der Waals surface area contributed by atoms with Gasteiger partial charge < -0.3 is 33.8 Å². The number of aliphatic hydroxyl groups excluding tert-OH is 1. The summed E-state index contributed by atoms with van der Waals surface area (Å²) < 4.78 is 68.3. The van der Waals surface area contributed by atoms with Gasteiger partial charge in [0.15, 0.2) is 12.2 Å². The molecule has 0 heterocycles. The molecular formula is C83H134O17P2. The molecule has 0 aliphatic heterocycles. The lowest BCUT2D eigenvalue weighted by Crippen LogP contribution is -2.30. The number of unbranched alkanes of at least 4 members (excludes halogenated alkanes) is 17. The Hall–Kier alpha value is -5.58. The number of ether oxygens (including phenoxy) is 4. The molecule has 5 atom stereocenters. The molecule has 5 unspecified atom stereocenters. The summed E-state index contributed by atoms with van der Waals surface area (Å²) in [6, 6.07) is 0. The number of rotatable bonds is 70. The first-order valence-electron chi connectivity index (χ1n) is 38.4. The molecule has 3 N–H and O–H groups in total. The van der Waals surface area contributed by atoms with Gasteiger partial charge in [0.05, 0.1) is 32.8 Å². The Morgan fingerprint density at radius 2 is 0.549 bits per heavy atom. The molecule has 0 amide bonds. The molecule has 0 aliphatic carbocycles.